The van der Waals surface area contributed by atoms with E-state index in [0.29, 0.717) is 29.6 Å². The molecule has 1 aromatic carbocycles. The molecule has 7 heteroatoms. The third-order valence-corrected chi connectivity index (χ3v) is 3.83. The van der Waals surface area contributed by atoms with Crippen molar-refractivity contribution in [3.05, 3.63) is 28.8 Å². The van der Waals surface area contributed by atoms with Crippen molar-refractivity contribution in [2.75, 3.05) is 25.5 Å². The van der Waals surface area contributed by atoms with Gasteiger partial charge in [0.1, 0.15) is 0 Å². The van der Waals surface area contributed by atoms with Crippen molar-refractivity contribution in [3.8, 4) is 0 Å². The Morgan fingerprint density at radius 3 is 2.52 bits per heavy atom. The molecule has 0 radical (unpaired) electrons. The first-order valence-corrected chi connectivity index (χ1v) is 8.80. The minimum Gasteiger partial charge on any atom is -0.356 e. The first-order chi connectivity index (χ1) is 11.4. The van der Waals surface area contributed by atoms with Crippen LogP contribution in [0.15, 0.2) is 23.2 Å². The number of anilines is 1. The number of amides is 1. The molecule has 142 valence electrons. The molecule has 25 heavy (non-hydrogen) atoms. The minimum absolute atomic E-state index is 0. The van der Waals surface area contributed by atoms with Crippen molar-refractivity contribution < 1.29 is 4.79 Å². The third kappa shape index (κ3) is 10.5. The Labute approximate surface area is 173 Å². The summed E-state index contributed by atoms with van der Waals surface area (Å²) < 4.78 is 0. The molecular formula is C18H30ClIN4O. The standard InChI is InChI=1S/C18H29ClN4O.HI/c1-13(2)6-5-10-21-18(20-4)22-11-9-17(24)23-16-8-7-14(3)12-15(16)19;/h7-8,12-13H,5-6,9-11H2,1-4H3,(H,23,24)(H2,20,21,22);1H. The van der Waals surface area contributed by atoms with Gasteiger partial charge in [0.2, 0.25) is 5.91 Å². The molecule has 0 heterocycles. The van der Waals surface area contributed by atoms with Gasteiger partial charge in [0.25, 0.3) is 0 Å². The summed E-state index contributed by atoms with van der Waals surface area (Å²) in [5, 5.41) is 9.77. The molecule has 1 rings (SSSR count). The summed E-state index contributed by atoms with van der Waals surface area (Å²) >= 11 is 6.11. The number of guanidine groups is 1. The third-order valence-electron chi connectivity index (χ3n) is 3.52. The Balaban J connectivity index is 0.00000576. The van der Waals surface area contributed by atoms with Gasteiger partial charge in [-0.3, -0.25) is 9.79 Å². The number of hydrogen-bond acceptors (Lipinski definition) is 2. The highest BCUT2D eigenvalue weighted by molar-refractivity contribution is 14.0. The van der Waals surface area contributed by atoms with Crippen LogP contribution in [0.25, 0.3) is 0 Å². The van der Waals surface area contributed by atoms with Crippen LogP contribution < -0.4 is 16.0 Å². The van der Waals surface area contributed by atoms with Gasteiger partial charge in [0.05, 0.1) is 10.7 Å². The van der Waals surface area contributed by atoms with Gasteiger partial charge >= 0.3 is 0 Å². The maximum Gasteiger partial charge on any atom is 0.226 e. The Kier molecular flexibility index (Phi) is 12.7. The molecule has 3 N–H and O–H groups in total. The second-order valence-electron chi connectivity index (χ2n) is 6.24. The molecule has 0 saturated heterocycles. The van der Waals surface area contributed by atoms with Crippen LogP contribution in [0.5, 0.6) is 0 Å². The number of carbonyl (C=O) groups is 1. The van der Waals surface area contributed by atoms with Gasteiger partial charge in [-0.1, -0.05) is 31.5 Å². The average Bonchev–Trinajstić information content (AvgIpc) is 2.52. The number of aryl methyl sites for hydroxylation is 1. The Morgan fingerprint density at radius 2 is 1.92 bits per heavy atom. The summed E-state index contributed by atoms with van der Waals surface area (Å²) in [6.45, 7) is 7.78. The highest BCUT2D eigenvalue weighted by Crippen LogP contribution is 2.22. The molecule has 0 spiro atoms. The molecule has 0 aromatic heterocycles. The SMILES string of the molecule is CN=C(NCCCC(C)C)NCCC(=O)Nc1ccc(C)cc1Cl.I. The number of benzene rings is 1. The van der Waals surface area contributed by atoms with Gasteiger partial charge in [-0.05, 0) is 43.4 Å². The van der Waals surface area contributed by atoms with Gasteiger partial charge in [-0.15, -0.1) is 24.0 Å². The lowest BCUT2D eigenvalue weighted by molar-refractivity contribution is -0.116. The second kappa shape index (κ2) is 13.2. The van der Waals surface area contributed by atoms with E-state index in [4.69, 9.17) is 11.6 Å². The van der Waals surface area contributed by atoms with E-state index in [9.17, 15) is 4.79 Å². The molecule has 0 atom stereocenters. The number of hydrogen-bond donors (Lipinski definition) is 3. The van der Waals surface area contributed by atoms with E-state index in [-0.39, 0.29) is 29.9 Å². The molecule has 5 nitrogen and oxygen atoms in total. The van der Waals surface area contributed by atoms with Crippen molar-refractivity contribution in [1.82, 2.24) is 10.6 Å². The smallest absolute Gasteiger partial charge is 0.226 e. The van der Waals surface area contributed by atoms with Crippen LogP contribution in [0, 0.1) is 12.8 Å². The summed E-state index contributed by atoms with van der Waals surface area (Å²) in [5.41, 5.74) is 1.70. The van der Waals surface area contributed by atoms with Crippen LogP contribution in [0.4, 0.5) is 5.69 Å². The second-order valence-corrected chi connectivity index (χ2v) is 6.65. The van der Waals surface area contributed by atoms with Crippen molar-refractivity contribution in [3.63, 3.8) is 0 Å². The van der Waals surface area contributed by atoms with Crippen molar-refractivity contribution in [2.45, 2.75) is 40.0 Å². The highest BCUT2D eigenvalue weighted by Gasteiger charge is 2.06. The maximum atomic E-state index is 12.0. The maximum absolute atomic E-state index is 12.0. The number of halogens is 2. The van der Waals surface area contributed by atoms with E-state index in [2.05, 4.69) is 34.8 Å². The van der Waals surface area contributed by atoms with E-state index in [0.717, 1.165) is 24.5 Å². The molecule has 0 aliphatic carbocycles. The molecule has 0 unspecified atom stereocenters. The summed E-state index contributed by atoms with van der Waals surface area (Å²) in [7, 11) is 1.73. The molecule has 1 aromatic rings. The zero-order chi connectivity index (χ0) is 17.9. The van der Waals surface area contributed by atoms with Gasteiger partial charge in [0, 0.05) is 26.6 Å². The molecule has 0 fully saturated rings. The zero-order valence-electron chi connectivity index (χ0n) is 15.5. The predicted molar refractivity (Wildman–Crippen MR) is 118 cm³/mol. The van der Waals surface area contributed by atoms with Crippen molar-refractivity contribution in [1.29, 1.82) is 0 Å². The topological polar surface area (TPSA) is 65.5 Å². The Morgan fingerprint density at radius 1 is 1.24 bits per heavy atom. The van der Waals surface area contributed by atoms with Gasteiger partial charge in [-0.25, -0.2) is 0 Å². The van der Waals surface area contributed by atoms with Crippen molar-refractivity contribution in [2.24, 2.45) is 10.9 Å². The average molecular weight is 481 g/mol. The Hall–Kier alpha value is -1.02. The lowest BCUT2D eigenvalue weighted by atomic mass is 10.1. The van der Waals surface area contributed by atoms with E-state index < -0.39 is 0 Å². The lowest BCUT2D eigenvalue weighted by Crippen LogP contribution is -2.39. The molecule has 1 amide bonds. The number of carbonyl (C=O) groups excluding carboxylic acids is 1. The van der Waals surface area contributed by atoms with Crippen LogP contribution >= 0.6 is 35.6 Å². The Bertz CT molecular complexity index is 564. The van der Waals surface area contributed by atoms with Crippen LogP contribution in [0.2, 0.25) is 5.02 Å². The number of nitrogens with one attached hydrogen (secondary N) is 3. The molecule has 0 saturated carbocycles. The first-order valence-electron chi connectivity index (χ1n) is 8.43. The summed E-state index contributed by atoms with van der Waals surface area (Å²) in [4.78, 5) is 16.1. The van der Waals surface area contributed by atoms with Gasteiger partial charge < -0.3 is 16.0 Å². The fourth-order valence-corrected chi connectivity index (χ4v) is 2.45. The van der Waals surface area contributed by atoms with E-state index in [1.165, 1.54) is 6.42 Å². The fourth-order valence-electron chi connectivity index (χ4n) is 2.17. The molecule has 0 aliphatic heterocycles. The van der Waals surface area contributed by atoms with E-state index in [1.807, 2.05) is 25.1 Å². The normalized spacial score (nSPS) is 11.0. The monoisotopic (exact) mass is 480 g/mol. The quantitative estimate of drug-likeness (QED) is 0.226. The van der Waals surface area contributed by atoms with E-state index >= 15 is 0 Å². The van der Waals surface area contributed by atoms with Gasteiger partial charge in [-0.2, -0.15) is 0 Å². The molecule has 0 bridgehead atoms. The molecule has 0 aliphatic rings. The fraction of sp³-hybridized carbons (Fsp3) is 0.556. The minimum atomic E-state index is -0.0801. The lowest BCUT2D eigenvalue weighted by Gasteiger charge is -2.13. The number of rotatable bonds is 8. The number of aliphatic imine (C=N–C) groups is 1. The van der Waals surface area contributed by atoms with E-state index in [1.54, 1.807) is 7.05 Å². The van der Waals surface area contributed by atoms with Crippen LogP contribution in [-0.2, 0) is 4.79 Å². The summed E-state index contributed by atoms with van der Waals surface area (Å²) in [6, 6.07) is 5.57. The van der Waals surface area contributed by atoms with Crippen molar-refractivity contribution >= 4 is 53.1 Å². The molecular weight excluding hydrogens is 451 g/mol. The van der Waals surface area contributed by atoms with Crippen LogP contribution in [0.3, 0.4) is 0 Å². The summed E-state index contributed by atoms with van der Waals surface area (Å²) in [6.07, 6.45) is 2.63. The predicted octanol–water partition coefficient (Wildman–Crippen LogP) is 4.20. The highest BCUT2D eigenvalue weighted by atomic mass is 127. The summed E-state index contributed by atoms with van der Waals surface area (Å²) in [5.74, 6) is 1.35. The first kappa shape index (κ1) is 24.0. The number of nitrogens with zero attached hydrogens (tertiary/aromatic N) is 1. The van der Waals surface area contributed by atoms with Crippen LogP contribution in [-0.4, -0.2) is 32.0 Å². The van der Waals surface area contributed by atoms with Crippen LogP contribution in [0.1, 0.15) is 38.7 Å². The largest absolute Gasteiger partial charge is 0.356 e. The zero-order valence-corrected chi connectivity index (χ0v) is 18.6. The van der Waals surface area contributed by atoms with Gasteiger partial charge in [0.15, 0.2) is 5.96 Å².